The minimum Gasteiger partial charge on any atom is -0.495 e. The number of rotatable bonds is 8. The number of hydrogen-bond acceptors (Lipinski definition) is 4. The Kier molecular flexibility index (Phi) is 7.63. The molecule has 152 valence electrons. The van der Waals surface area contributed by atoms with Crippen LogP contribution in [0.1, 0.15) is 41.8 Å². The van der Waals surface area contributed by atoms with Gasteiger partial charge in [-0.25, -0.2) is 13.1 Å². The standard InChI is InChI=1S/C20H25BrN2O4S/c1-5-9-22-28(25,26)18-12-15(7-8-17(18)27-4)20(24)23-19-13(3)10-16(21)11-14(19)6-2/h7-8,10-12,22H,5-6,9H2,1-4H3,(H,23,24). The van der Waals surface area contributed by atoms with E-state index in [9.17, 15) is 13.2 Å². The van der Waals surface area contributed by atoms with Crippen LogP contribution in [-0.4, -0.2) is 28.0 Å². The predicted octanol–water partition coefficient (Wildman–Crippen LogP) is 4.27. The van der Waals surface area contributed by atoms with Gasteiger partial charge in [-0.2, -0.15) is 0 Å². The molecule has 2 aromatic carbocycles. The summed E-state index contributed by atoms with van der Waals surface area (Å²) in [5, 5.41) is 2.92. The summed E-state index contributed by atoms with van der Waals surface area (Å²) in [7, 11) is -2.39. The lowest BCUT2D eigenvalue weighted by atomic mass is 10.1. The minimum absolute atomic E-state index is 0.0562. The molecule has 0 saturated carbocycles. The number of hydrogen-bond donors (Lipinski definition) is 2. The van der Waals surface area contributed by atoms with Crippen LogP contribution >= 0.6 is 15.9 Å². The molecule has 2 N–H and O–H groups in total. The normalized spacial score (nSPS) is 11.3. The zero-order valence-corrected chi connectivity index (χ0v) is 18.8. The molecule has 0 heterocycles. The molecule has 0 unspecified atom stereocenters. The third-order valence-electron chi connectivity index (χ3n) is 4.26. The van der Waals surface area contributed by atoms with E-state index in [4.69, 9.17) is 4.74 Å². The van der Waals surface area contributed by atoms with E-state index in [1.165, 1.54) is 19.2 Å². The van der Waals surface area contributed by atoms with Crippen molar-refractivity contribution in [3.05, 3.63) is 51.5 Å². The van der Waals surface area contributed by atoms with E-state index in [0.717, 1.165) is 27.7 Å². The van der Waals surface area contributed by atoms with E-state index in [1.807, 2.05) is 32.9 Å². The Labute approximate surface area is 174 Å². The molecule has 0 bridgehead atoms. The smallest absolute Gasteiger partial charge is 0.255 e. The van der Waals surface area contributed by atoms with Gasteiger partial charge in [0.05, 0.1) is 7.11 Å². The highest BCUT2D eigenvalue weighted by atomic mass is 79.9. The molecule has 0 fully saturated rings. The van der Waals surface area contributed by atoms with Crippen molar-refractivity contribution in [1.29, 1.82) is 0 Å². The van der Waals surface area contributed by atoms with E-state index in [2.05, 4.69) is 26.0 Å². The van der Waals surface area contributed by atoms with Gasteiger partial charge in [-0.05, 0) is 61.2 Å². The van der Waals surface area contributed by atoms with E-state index in [-0.39, 0.29) is 22.1 Å². The predicted molar refractivity (Wildman–Crippen MR) is 115 cm³/mol. The fourth-order valence-electron chi connectivity index (χ4n) is 2.80. The van der Waals surface area contributed by atoms with Crippen LogP contribution in [-0.2, 0) is 16.4 Å². The van der Waals surface area contributed by atoms with Crippen molar-refractivity contribution in [2.45, 2.75) is 38.5 Å². The summed E-state index contributed by atoms with van der Waals surface area (Å²) in [6.45, 7) is 6.10. The second-order valence-electron chi connectivity index (χ2n) is 6.33. The molecule has 0 radical (unpaired) electrons. The van der Waals surface area contributed by atoms with E-state index >= 15 is 0 Å². The molecule has 0 saturated heterocycles. The molecule has 0 spiro atoms. The first kappa shape index (κ1) is 22.4. The number of halogens is 1. The molecule has 0 aliphatic carbocycles. The van der Waals surface area contributed by atoms with Gasteiger partial charge in [0.1, 0.15) is 10.6 Å². The first-order valence-electron chi connectivity index (χ1n) is 9.01. The Morgan fingerprint density at radius 3 is 2.50 bits per heavy atom. The van der Waals surface area contributed by atoms with Gasteiger partial charge in [-0.1, -0.05) is 29.8 Å². The van der Waals surface area contributed by atoms with E-state index in [0.29, 0.717) is 13.0 Å². The Morgan fingerprint density at radius 1 is 1.18 bits per heavy atom. The van der Waals surface area contributed by atoms with Gasteiger partial charge in [0.25, 0.3) is 5.91 Å². The largest absolute Gasteiger partial charge is 0.495 e. The number of ether oxygens (including phenoxy) is 1. The molecule has 2 aromatic rings. The van der Waals surface area contributed by atoms with Crippen LogP contribution in [0.25, 0.3) is 0 Å². The van der Waals surface area contributed by atoms with Crippen molar-refractivity contribution < 1.29 is 17.9 Å². The molecule has 8 heteroatoms. The Balaban J connectivity index is 2.41. The number of carbonyl (C=O) groups is 1. The molecule has 0 aliphatic rings. The molecule has 0 aromatic heterocycles. The van der Waals surface area contributed by atoms with Crippen LogP contribution < -0.4 is 14.8 Å². The lowest BCUT2D eigenvalue weighted by Gasteiger charge is -2.15. The molecule has 0 atom stereocenters. The number of nitrogens with one attached hydrogen (secondary N) is 2. The topological polar surface area (TPSA) is 84.5 Å². The van der Waals surface area contributed by atoms with Gasteiger partial charge in [-0.3, -0.25) is 4.79 Å². The van der Waals surface area contributed by atoms with Gasteiger partial charge < -0.3 is 10.1 Å². The number of methoxy groups -OCH3 is 1. The van der Waals surface area contributed by atoms with Crippen LogP contribution in [0.5, 0.6) is 5.75 Å². The Morgan fingerprint density at radius 2 is 1.89 bits per heavy atom. The van der Waals surface area contributed by atoms with Crippen LogP contribution in [0, 0.1) is 6.92 Å². The highest BCUT2D eigenvalue weighted by molar-refractivity contribution is 9.10. The second-order valence-corrected chi connectivity index (χ2v) is 8.98. The van der Waals surface area contributed by atoms with Crippen molar-refractivity contribution in [3.8, 4) is 5.75 Å². The van der Waals surface area contributed by atoms with E-state index < -0.39 is 10.0 Å². The maximum Gasteiger partial charge on any atom is 0.255 e. The Bertz CT molecular complexity index is 974. The molecular weight excluding hydrogens is 444 g/mol. The number of anilines is 1. The highest BCUT2D eigenvalue weighted by Crippen LogP contribution is 2.28. The summed E-state index contributed by atoms with van der Waals surface area (Å²) in [5.41, 5.74) is 2.89. The number of carbonyl (C=O) groups excluding carboxylic acids is 1. The first-order valence-corrected chi connectivity index (χ1v) is 11.3. The molecule has 6 nitrogen and oxygen atoms in total. The lowest BCUT2D eigenvalue weighted by Crippen LogP contribution is -2.25. The van der Waals surface area contributed by atoms with Crippen LogP contribution in [0.4, 0.5) is 5.69 Å². The van der Waals surface area contributed by atoms with Crippen LogP contribution in [0.3, 0.4) is 0 Å². The monoisotopic (exact) mass is 468 g/mol. The fourth-order valence-corrected chi connectivity index (χ4v) is 4.74. The zero-order valence-electron chi connectivity index (χ0n) is 16.4. The number of amides is 1. The Hall–Kier alpha value is -1.90. The van der Waals surface area contributed by atoms with Crippen molar-refractivity contribution in [2.24, 2.45) is 0 Å². The maximum atomic E-state index is 12.8. The third kappa shape index (κ3) is 5.12. The summed E-state index contributed by atoms with van der Waals surface area (Å²) in [5.74, 6) is -0.191. The zero-order chi connectivity index (χ0) is 20.9. The quantitative estimate of drug-likeness (QED) is 0.605. The fraction of sp³-hybridized carbons (Fsp3) is 0.350. The second kappa shape index (κ2) is 9.54. The number of benzene rings is 2. The summed E-state index contributed by atoms with van der Waals surface area (Å²) in [6, 6.07) is 8.26. The number of aryl methyl sites for hydroxylation is 2. The molecular formula is C20H25BrN2O4S. The minimum atomic E-state index is -3.78. The van der Waals surface area contributed by atoms with E-state index in [1.54, 1.807) is 6.07 Å². The van der Waals surface area contributed by atoms with Crippen molar-refractivity contribution in [1.82, 2.24) is 4.72 Å². The summed E-state index contributed by atoms with van der Waals surface area (Å²) in [6.07, 6.45) is 1.41. The molecule has 1 amide bonds. The average Bonchev–Trinajstić information content (AvgIpc) is 2.67. The summed E-state index contributed by atoms with van der Waals surface area (Å²) >= 11 is 3.47. The number of sulfonamides is 1. The van der Waals surface area contributed by atoms with Crippen molar-refractivity contribution >= 4 is 37.5 Å². The van der Waals surface area contributed by atoms with Crippen LogP contribution in [0.2, 0.25) is 0 Å². The maximum absolute atomic E-state index is 12.8. The lowest BCUT2D eigenvalue weighted by molar-refractivity contribution is 0.102. The third-order valence-corrected chi connectivity index (χ3v) is 6.20. The summed E-state index contributed by atoms with van der Waals surface area (Å²) in [4.78, 5) is 12.8. The average molecular weight is 469 g/mol. The summed E-state index contributed by atoms with van der Waals surface area (Å²) < 4.78 is 33.8. The molecule has 0 aliphatic heterocycles. The molecule has 2 rings (SSSR count). The molecule has 28 heavy (non-hydrogen) atoms. The van der Waals surface area contributed by atoms with Gasteiger partial charge in [-0.15, -0.1) is 0 Å². The highest BCUT2D eigenvalue weighted by Gasteiger charge is 2.22. The van der Waals surface area contributed by atoms with Crippen molar-refractivity contribution in [3.63, 3.8) is 0 Å². The first-order chi connectivity index (χ1) is 13.2. The van der Waals surface area contributed by atoms with Gasteiger partial charge in [0.15, 0.2) is 0 Å². The van der Waals surface area contributed by atoms with Crippen LogP contribution in [0.15, 0.2) is 39.7 Å². The van der Waals surface area contributed by atoms with Gasteiger partial charge in [0, 0.05) is 22.3 Å². The van der Waals surface area contributed by atoms with Gasteiger partial charge in [0.2, 0.25) is 10.0 Å². The SMILES string of the molecule is CCCNS(=O)(=O)c1cc(C(=O)Nc2c(C)cc(Br)cc2CC)ccc1OC. The van der Waals surface area contributed by atoms with Crippen molar-refractivity contribution in [2.75, 3.05) is 19.0 Å². The van der Waals surface area contributed by atoms with Gasteiger partial charge >= 0.3 is 0 Å².